The second-order valence-corrected chi connectivity index (χ2v) is 8.68. The molecular formula is C22H27N5O2S. The maximum absolute atomic E-state index is 12.6. The van der Waals surface area contributed by atoms with Gasteiger partial charge in [-0.2, -0.15) is 11.8 Å². The van der Waals surface area contributed by atoms with E-state index >= 15 is 0 Å². The lowest BCUT2D eigenvalue weighted by atomic mass is 10.1. The van der Waals surface area contributed by atoms with E-state index in [9.17, 15) is 9.59 Å². The first-order valence-corrected chi connectivity index (χ1v) is 11.5. The van der Waals surface area contributed by atoms with Crippen LogP contribution in [0.1, 0.15) is 5.56 Å². The highest BCUT2D eigenvalue weighted by Crippen LogP contribution is 2.16. The number of aromatic nitrogens is 1. The summed E-state index contributed by atoms with van der Waals surface area (Å²) < 4.78 is 0. The Balaban J connectivity index is 1.25. The van der Waals surface area contributed by atoms with Crippen LogP contribution in [-0.4, -0.2) is 77.5 Å². The number of nitrogens with zero attached hydrogens (tertiary/aromatic N) is 4. The fourth-order valence-corrected chi connectivity index (χ4v) is 4.59. The van der Waals surface area contributed by atoms with Crippen LogP contribution < -0.4 is 10.2 Å². The number of carbonyl (C=O) groups is 2. The van der Waals surface area contributed by atoms with Crippen molar-refractivity contribution >= 4 is 35.2 Å². The summed E-state index contributed by atoms with van der Waals surface area (Å²) in [6.07, 6.45) is 2.20. The summed E-state index contributed by atoms with van der Waals surface area (Å²) >= 11 is 1.90. The van der Waals surface area contributed by atoms with Gasteiger partial charge in [-0.1, -0.05) is 18.2 Å². The molecule has 0 saturated carbocycles. The maximum atomic E-state index is 12.6. The number of pyridine rings is 1. The molecule has 3 heterocycles. The van der Waals surface area contributed by atoms with Gasteiger partial charge >= 0.3 is 6.03 Å². The number of nitrogens with one attached hydrogen (secondary N) is 1. The van der Waals surface area contributed by atoms with Gasteiger partial charge in [-0.05, 0) is 29.8 Å². The van der Waals surface area contributed by atoms with Crippen LogP contribution in [0.5, 0.6) is 0 Å². The minimum atomic E-state index is -0.0923. The SMILES string of the molecule is O=C(Cc1ccc(NC(=O)N2CCN(c3ccccn3)CC2)cc1)N1CCSCC1. The molecule has 8 heteroatoms. The third-order valence-corrected chi connectivity index (χ3v) is 6.41. The number of rotatable bonds is 4. The Morgan fingerprint density at radius 1 is 0.900 bits per heavy atom. The first-order chi connectivity index (χ1) is 14.7. The Bertz CT molecular complexity index is 848. The number of hydrogen-bond donors (Lipinski definition) is 1. The van der Waals surface area contributed by atoms with Crippen LogP contribution in [0.2, 0.25) is 0 Å². The standard InChI is InChI=1S/C22H27N5O2S/c28-21(26-13-15-30-16-14-26)17-18-4-6-19(7-5-18)24-22(29)27-11-9-25(10-12-27)20-3-1-2-8-23-20/h1-8H,9-17H2,(H,24,29). The smallest absolute Gasteiger partial charge is 0.321 e. The molecule has 2 aliphatic rings. The summed E-state index contributed by atoms with van der Waals surface area (Å²) in [5.74, 6) is 3.17. The maximum Gasteiger partial charge on any atom is 0.321 e. The van der Waals surface area contributed by atoms with Gasteiger partial charge in [0.25, 0.3) is 0 Å². The van der Waals surface area contributed by atoms with E-state index < -0.39 is 0 Å². The number of benzene rings is 1. The minimum Gasteiger partial charge on any atom is -0.353 e. The summed E-state index contributed by atoms with van der Waals surface area (Å²) in [7, 11) is 0. The van der Waals surface area contributed by atoms with Gasteiger partial charge in [-0.3, -0.25) is 4.79 Å². The Morgan fingerprint density at radius 3 is 2.30 bits per heavy atom. The fraction of sp³-hybridized carbons (Fsp3) is 0.409. The second kappa shape index (κ2) is 9.84. The highest BCUT2D eigenvalue weighted by atomic mass is 32.2. The Labute approximate surface area is 181 Å². The van der Waals surface area contributed by atoms with Crippen LogP contribution >= 0.6 is 11.8 Å². The normalized spacial score (nSPS) is 17.0. The molecular weight excluding hydrogens is 398 g/mol. The van der Waals surface area contributed by atoms with E-state index in [0.717, 1.165) is 54.8 Å². The van der Waals surface area contributed by atoms with Gasteiger partial charge in [-0.15, -0.1) is 0 Å². The molecule has 0 atom stereocenters. The molecule has 0 radical (unpaired) electrons. The molecule has 0 bridgehead atoms. The quantitative estimate of drug-likeness (QED) is 0.815. The first-order valence-electron chi connectivity index (χ1n) is 10.4. The third-order valence-electron chi connectivity index (χ3n) is 5.46. The van der Waals surface area contributed by atoms with Crippen molar-refractivity contribution in [3.05, 3.63) is 54.2 Å². The van der Waals surface area contributed by atoms with Crippen molar-refractivity contribution in [3.63, 3.8) is 0 Å². The Morgan fingerprint density at radius 2 is 1.63 bits per heavy atom. The molecule has 2 saturated heterocycles. The molecule has 1 aromatic carbocycles. The molecule has 2 aliphatic heterocycles. The molecule has 1 N–H and O–H groups in total. The first kappa shape index (κ1) is 20.5. The van der Waals surface area contributed by atoms with Crippen LogP contribution in [-0.2, 0) is 11.2 Å². The molecule has 0 aliphatic carbocycles. The van der Waals surface area contributed by atoms with Crippen molar-refractivity contribution < 1.29 is 9.59 Å². The van der Waals surface area contributed by atoms with Gasteiger partial charge in [0.05, 0.1) is 6.42 Å². The van der Waals surface area contributed by atoms with E-state index in [1.165, 1.54) is 0 Å². The average molecular weight is 426 g/mol. The molecule has 158 valence electrons. The van der Waals surface area contributed by atoms with Crippen LogP contribution in [0, 0.1) is 0 Å². The van der Waals surface area contributed by atoms with E-state index in [0.29, 0.717) is 19.5 Å². The molecule has 1 aromatic heterocycles. The molecule has 3 amide bonds. The highest BCUT2D eigenvalue weighted by molar-refractivity contribution is 7.99. The van der Waals surface area contributed by atoms with Crippen molar-refractivity contribution in [2.45, 2.75) is 6.42 Å². The van der Waals surface area contributed by atoms with Crippen molar-refractivity contribution in [3.8, 4) is 0 Å². The van der Waals surface area contributed by atoms with E-state index in [1.807, 2.05) is 64.0 Å². The summed E-state index contributed by atoms with van der Waals surface area (Å²) in [6.45, 7) is 4.52. The van der Waals surface area contributed by atoms with E-state index in [1.54, 1.807) is 6.20 Å². The number of thioether (sulfide) groups is 1. The van der Waals surface area contributed by atoms with E-state index in [4.69, 9.17) is 0 Å². The summed E-state index contributed by atoms with van der Waals surface area (Å²) in [5, 5.41) is 2.96. The summed E-state index contributed by atoms with van der Waals surface area (Å²) in [6, 6.07) is 13.4. The number of hydrogen-bond acceptors (Lipinski definition) is 5. The van der Waals surface area contributed by atoms with Gasteiger partial charge in [0, 0.05) is 62.7 Å². The molecule has 2 aromatic rings. The number of anilines is 2. The van der Waals surface area contributed by atoms with Gasteiger partial charge in [0.2, 0.25) is 5.91 Å². The summed E-state index contributed by atoms with van der Waals surface area (Å²) in [4.78, 5) is 35.3. The van der Waals surface area contributed by atoms with Gasteiger partial charge in [-0.25, -0.2) is 9.78 Å². The molecule has 7 nitrogen and oxygen atoms in total. The van der Waals surface area contributed by atoms with E-state index in [2.05, 4.69) is 15.2 Å². The zero-order valence-electron chi connectivity index (χ0n) is 17.0. The minimum absolute atomic E-state index is 0.0923. The van der Waals surface area contributed by atoms with Crippen LogP contribution in [0.3, 0.4) is 0 Å². The molecule has 4 rings (SSSR count). The van der Waals surface area contributed by atoms with Crippen molar-refractivity contribution in [2.24, 2.45) is 0 Å². The van der Waals surface area contributed by atoms with Crippen LogP contribution in [0.4, 0.5) is 16.3 Å². The Hall–Kier alpha value is -2.74. The average Bonchev–Trinajstić information content (AvgIpc) is 2.81. The lowest BCUT2D eigenvalue weighted by molar-refractivity contribution is -0.130. The fourth-order valence-electron chi connectivity index (χ4n) is 3.69. The number of carbonyl (C=O) groups excluding carboxylic acids is 2. The van der Waals surface area contributed by atoms with E-state index in [-0.39, 0.29) is 11.9 Å². The molecule has 2 fully saturated rings. The monoisotopic (exact) mass is 425 g/mol. The predicted octanol–water partition coefficient (Wildman–Crippen LogP) is 2.55. The second-order valence-electron chi connectivity index (χ2n) is 7.46. The van der Waals surface area contributed by atoms with Crippen LogP contribution in [0.15, 0.2) is 48.7 Å². The zero-order chi connectivity index (χ0) is 20.8. The van der Waals surface area contributed by atoms with Gasteiger partial charge < -0.3 is 20.0 Å². The third kappa shape index (κ3) is 5.24. The largest absolute Gasteiger partial charge is 0.353 e. The molecule has 0 spiro atoms. The molecule has 30 heavy (non-hydrogen) atoms. The highest BCUT2D eigenvalue weighted by Gasteiger charge is 2.22. The lowest BCUT2D eigenvalue weighted by Gasteiger charge is -2.35. The Kier molecular flexibility index (Phi) is 6.74. The lowest BCUT2D eigenvalue weighted by Crippen LogP contribution is -2.50. The predicted molar refractivity (Wildman–Crippen MR) is 121 cm³/mol. The molecule has 0 unspecified atom stereocenters. The number of piperazine rings is 1. The zero-order valence-corrected chi connectivity index (χ0v) is 17.8. The van der Waals surface area contributed by atoms with Gasteiger partial charge in [0.1, 0.15) is 5.82 Å². The van der Waals surface area contributed by atoms with Gasteiger partial charge in [0.15, 0.2) is 0 Å². The summed E-state index contributed by atoms with van der Waals surface area (Å²) in [5.41, 5.74) is 1.72. The number of amides is 3. The van der Waals surface area contributed by atoms with Crippen LogP contribution in [0.25, 0.3) is 0 Å². The topological polar surface area (TPSA) is 68.8 Å². The van der Waals surface area contributed by atoms with Crippen molar-refractivity contribution in [1.82, 2.24) is 14.8 Å². The van der Waals surface area contributed by atoms with Crippen molar-refractivity contribution in [2.75, 3.05) is 61.0 Å². The number of urea groups is 1. The van der Waals surface area contributed by atoms with Crippen molar-refractivity contribution in [1.29, 1.82) is 0 Å².